The molecular formula is C17H27N3O3. The lowest BCUT2D eigenvalue weighted by Gasteiger charge is -2.42. The highest BCUT2D eigenvalue weighted by molar-refractivity contribution is 5.68. The quantitative estimate of drug-likeness (QED) is 0.852. The summed E-state index contributed by atoms with van der Waals surface area (Å²) in [6.07, 6.45) is 5.81. The Morgan fingerprint density at radius 2 is 2.04 bits per heavy atom. The third-order valence-corrected chi connectivity index (χ3v) is 3.96. The molecule has 1 aromatic heterocycles. The van der Waals surface area contributed by atoms with Crippen LogP contribution in [0.1, 0.15) is 52.8 Å². The van der Waals surface area contributed by atoms with Crippen LogP contribution in [0.2, 0.25) is 0 Å². The molecule has 6 nitrogen and oxygen atoms in total. The summed E-state index contributed by atoms with van der Waals surface area (Å²) in [5.74, 6) is 0.662. The summed E-state index contributed by atoms with van der Waals surface area (Å²) in [6.45, 7) is 9.34. The van der Waals surface area contributed by atoms with Gasteiger partial charge in [-0.3, -0.25) is 0 Å². The highest BCUT2D eigenvalue weighted by Gasteiger charge is 2.38. The van der Waals surface area contributed by atoms with E-state index >= 15 is 0 Å². The fraction of sp³-hybridized carbons (Fsp3) is 0.706. The maximum atomic E-state index is 12.3. The van der Waals surface area contributed by atoms with E-state index in [2.05, 4.69) is 16.9 Å². The standard InChI is InChI=1S/C17H27N3O3/c1-5-17(22-12-14-18-9-7-10-19-14)8-6-11-20(13-17)15(21)23-16(2,3)4/h7,9-10H,5-6,8,11-13H2,1-4H3. The number of piperidine rings is 1. The average Bonchev–Trinajstić information content (AvgIpc) is 2.53. The molecule has 0 radical (unpaired) electrons. The predicted molar refractivity (Wildman–Crippen MR) is 86.9 cm³/mol. The summed E-state index contributed by atoms with van der Waals surface area (Å²) < 4.78 is 11.6. The lowest BCUT2D eigenvalue weighted by Crippen LogP contribution is -2.52. The normalized spacial score (nSPS) is 22.0. The molecule has 6 heteroatoms. The molecule has 1 aliphatic heterocycles. The molecule has 1 fully saturated rings. The van der Waals surface area contributed by atoms with E-state index in [0.29, 0.717) is 25.5 Å². The van der Waals surface area contributed by atoms with Crippen molar-refractivity contribution < 1.29 is 14.3 Å². The van der Waals surface area contributed by atoms with Crippen molar-refractivity contribution in [3.05, 3.63) is 24.3 Å². The summed E-state index contributed by atoms with van der Waals surface area (Å²) in [6, 6.07) is 1.78. The molecule has 0 aliphatic carbocycles. The van der Waals surface area contributed by atoms with Crippen molar-refractivity contribution in [2.75, 3.05) is 13.1 Å². The SMILES string of the molecule is CCC1(OCc2ncccn2)CCCN(C(=O)OC(C)(C)C)C1. The molecule has 128 valence electrons. The van der Waals surface area contributed by atoms with E-state index < -0.39 is 5.60 Å². The highest BCUT2D eigenvalue weighted by Crippen LogP contribution is 2.30. The van der Waals surface area contributed by atoms with Crippen molar-refractivity contribution in [2.45, 2.75) is 64.8 Å². The topological polar surface area (TPSA) is 64.6 Å². The van der Waals surface area contributed by atoms with Crippen molar-refractivity contribution in [3.63, 3.8) is 0 Å². The Morgan fingerprint density at radius 3 is 2.65 bits per heavy atom. The molecule has 0 aromatic carbocycles. The number of carbonyl (C=O) groups is 1. The first-order valence-corrected chi connectivity index (χ1v) is 8.21. The van der Waals surface area contributed by atoms with Gasteiger partial charge in [0.05, 0.1) is 12.1 Å². The van der Waals surface area contributed by atoms with Crippen molar-refractivity contribution in [1.29, 1.82) is 0 Å². The fourth-order valence-corrected chi connectivity index (χ4v) is 2.71. The van der Waals surface area contributed by atoms with Gasteiger partial charge in [-0.25, -0.2) is 14.8 Å². The van der Waals surface area contributed by atoms with Gasteiger partial charge in [0.15, 0.2) is 5.82 Å². The van der Waals surface area contributed by atoms with E-state index in [1.54, 1.807) is 23.4 Å². The van der Waals surface area contributed by atoms with Crippen LogP contribution in [0.3, 0.4) is 0 Å². The van der Waals surface area contributed by atoms with Crippen LogP contribution in [0, 0.1) is 0 Å². The Kier molecular flexibility index (Phi) is 5.57. The summed E-state index contributed by atoms with van der Waals surface area (Å²) in [5.41, 5.74) is -0.837. The zero-order chi connectivity index (χ0) is 16.9. The van der Waals surface area contributed by atoms with Gasteiger partial charge in [-0.2, -0.15) is 0 Å². The molecule has 1 saturated heterocycles. The van der Waals surface area contributed by atoms with Crippen LogP contribution in [0.5, 0.6) is 0 Å². The second kappa shape index (κ2) is 7.25. The van der Waals surface area contributed by atoms with E-state index in [0.717, 1.165) is 19.3 Å². The molecule has 1 amide bonds. The number of rotatable bonds is 4. The summed E-state index contributed by atoms with van der Waals surface area (Å²) >= 11 is 0. The van der Waals surface area contributed by atoms with Crippen LogP contribution in [0.4, 0.5) is 4.79 Å². The zero-order valence-electron chi connectivity index (χ0n) is 14.5. The number of hydrogen-bond donors (Lipinski definition) is 0. The maximum Gasteiger partial charge on any atom is 0.410 e. The van der Waals surface area contributed by atoms with Crippen molar-refractivity contribution in [2.24, 2.45) is 0 Å². The maximum absolute atomic E-state index is 12.3. The average molecular weight is 321 g/mol. The lowest BCUT2D eigenvalue weighted by molar-refractivity contribution is -0.103. The van der Waals surface area contributed by atoms with Crippen LogP contribution in [-0.4, -0.2) is 45.3 Å². The second-order valence-electron chi connectivity index (χ2n) is 7.00. The molecule has 23 heavy (non-hydrogen) atoms. The van der Waals surface area contributed by atoms with Gasteiger partial charge in [-0.05, 0) is 46.1 Å². The molecule has 1 aliphatic rings. The molecule has 2 heterocycles. The smallest absolute Gasteiger partial charge is 0.410 e. The zero-order valence-corrected chi connectivity index (χ0v) is 14.5. The Balaban J connectivity index is 1.99. The monoisotopic (exact) mass is 321 g/mol. The molecule has 0 spiro atoms. The van der Waals surface area contributed by atoms with Gasteiger partial charge in [0.1, 0.15) is 12.2 Å². The molecule has 1 atom stereocenters. The fourth-order valence-electron chi connectivity index (χ4n) is 2.71. The molecule has 1 aromatic rings. The lowest BCUT2D eigenvalue weighted by atomic mass is 9.90. The summed E-state index contributed by atoms with van der Waals surface area (Å²) in [4.78, 5) is 22.4. The Morgan fingerprint density at radius 1 is 1.35 bits per heavy atom. The minimum atomic E-state index is -0.484. The Labute approximate surface area is 138 Å². The van der Waals surface area contributed by atoms with E-state index in [1.165, 1.54) is 0 Å². The number of ether oxygens (including phenoxy) is 2. The van der Waals surface area contributed by atoms with E-state index in [9.17, 15) is 4.79 Å². The highest BCUT2D eigenvalue weighted by atomic mass is 16.6. The van der Waals surface area contributed by atoms with E-state index in [1.807, 2.05) is 20.8 Å². The molecule has 1 unspecified atom stereocenters. The largest absolute Gasteiger partial charge is 0.444 e. The van der Waals surface area contributed by atoms with Gasteiger partial charge in [-0.15, -0.1) is 0 Å². The predicted octanol–water partition coefficient (Wildman–Crippen LogP) is 3.17. The van der Waals surface area contributed by atoms with Crippen LogP contribution >= 0.6 is 0 Å². The van der Waals surface area contributed by atoms with Gasteiger partial charge in [0.2, 0.25) is 0 Å². The minimum absolute atomic E-state index is 0.269. The first-order valence-electron chi connectivity index (χ1n) is 8.21. The van der Waals surface area contributed by atoms with Gasteiger partial charge in [0, 0.05) is 18.9 Å². The first kappa shape index (κ1) is 17.7. The summed E-state index contributed by atoms with van der Waals surface area (Å²) in [7, 11) is 0. The van der Waals surface area contributed by atoms with Crippen molar-refractivity contribution in [1.82, 2.24) is 14.9 Å². The van der Waals surface area contributed by atoms with Crippen molar-refractivity contribution >= 4 is 6.09 Å². The number of nitrogens with zero attached hydrogens (tertiary/aromatic N) is 3. The Hall–Kier alpha value is -1.69. The third-order valence-electron chi connectivity index (χ3n) is 3.96. The van der Waals surface area contributed by atoms with Gasteiger partial charge < -0.3 is 14.4 Å². The van der Waals surface area contributed by atoms with E-state index in [-0.39, 0.29) is 11.7 Å². The minimum Gasteiger partial charge on any atom is -0.444 e. The van der Waals surface area contributed by atoms with Gasteiger partial charge >= 0.3 is 6.09 Å². The number of carbonyl (C=O) groups excluding carboxylic acids is 1. The van der Waals surface area contributed by atoms with Crippen LogP contribution < -0.4 is 0 Å². The first-order chi connectivity index (χ1) is 10.8. The van der Waals surface area contributed by atoms with Gasteiger partial charge in [-0.1, -0.05) is 6.92 Å². The van der Waals surface area contributed by atoms with Crippen molar-refractivity contribution in [3.8, 4) is 0 Å². The number of aromatic nitrogens is 2. The molecule has 0 N–H and O–H groups in total. The molecule has 0 saturated carbocycles. The Bertz CT molecular complexity index is 516. The molecule has 0 bridgehead atoms. The number of hydrogen-bond acceptors (Lipinski definition) is 5. The molecular weight excluding hydrogens is 294 g/mol. The second-order valence-corrected chi connectivity index (χ2v) is 7.00. The van der Waals surface area contributed by atoms with Crippen LogP contribution in [-0.2, 0) is 16.1 Å². The van der Waals surface area contributed by atoms with Crippen LogP contribution in [0.15, 0.2) is 18.5 Å². The van der Waals surface area contributed by atoms with E-state index in [4.69, 9.17) is 9.47 Å². The summed E-state index contributed by atoms with van der Waals surface area (Å²) in [5, 5.41) is 0. The molecule has 2 rings (SSSR count). The number of likely N-dealkylation sites (tertiary alicyclic amines) is 1. The number of amides is 1. The van der Waals surface area contributed by atoms with Gasteiger partial charge in [0.25, 0.3) is 0 Å². The van der Waals surface area contributed by atoms with Crippen LogP contribution in [0.25, 0.3) is 0 Å². The third kappa shape index (κ3) is 5.16.